The van der Waals surface area contributed by atoms with Gasteiger partial charge in [0.05, 0.1) is 5.02 Å². The Hall–Kier alpha value is -1.85. The number of benzene rings is 1. The summed E-state index contributed by atoms with van der Waals surface area (Å²) in [6, 6.07) is 11.8. The lowest BCUT2D eigenvalue weighted by molar-refractivity contribution is 1.26. The van der Waals surface area contributed by atoms with E-state index in [9.17, 15) is 0 Å². The zero-order valence-electron chi connectivity index (χ0n) is 8.74. The molecule has 0 saturated carbocycles. The second kappa shape index (κ2) is 4.34. The van der Waals surface area contributed by atoms with Crippen LogP contribution in [-0.4, -0.2) is 4.98 Å². The number of hydrogen-bond acceptors (Lipinski definition) is 2. The maximum atomic E-state index is 8.73. The lowest BCUT2D eigenvalue weighted by Crippen LogP contribution is -1.86. The first kappa shape index (κ1) is 10.7. The lowest BCUT2D eigenvalue weighted by Gasteiger charge is -2.03. The molecule has 0 fully saturated rings. The smallest absolute Gasteiger partial charge is 0.159 e. The van der Waals surface area contributed by atoms with E-state index in [4.69, 9.17) is 16.9 Å². The maximum Gasteiger partial charge on any atom is 0.159 e. The summed E-state index contributed by atoms with van der Waals surface area (Å²) in [6.07, 6.45) is 1.67. The number of aromatic nitrogens is 1. The second-order valence-electron chi connectivity index (χ2n) is 3.54. The van der Waals surface area contributed by atoms with E-state index in [2.05, 4.69) is 11.1 Å². The molecule has 0 aliphatic heterocycles. The minimum Gasteiger partial charge on any atom is -0.243 e. The van der Waals surface area contributed by atoms with Crippen molar-refractivity contribution >= 4 is 11.6 Å². The van der Waals surface area contributed by atoms with Gasteiger partial charge in [-0.1, -0.05) is 41.4 Å². The summed E-state index contributed by atoms with van der Waals surface area (Å²) < 4.78 is 0. The van der Waals surface area contributed by atoms with Gasteiger partial charge in [0.25, 0.3) is 0 Å². The fraction of sp³-hybridized carbons (Fsp3) is 0.0769. The molecule has 0 aliphatic rings. The first-order chi connectivity index (χ1) is 7.70. The largest absolute Gasteiger partial charge is 0.243 e. The molecular formula is C13H9ClN2. The molecule has 0 bridgehead atoms. The van der Waals surface area contributed by atoms with Gasteiger partial charge in [-0.25, -0.2) is 4.98 Å². The van der Waals surface area contributed by atoms with E-state index >= 15 is 0 Å². The van der Waals surface area contributed by atoms with Gasteiger partial charge in [-0.3, -0.25) is 0 Å². The number of hydrogen-bond donors (Lipinski definition) is 0. The first-order valence-electron chi connectivity index (χ1n) is 4.83. The number of rotatable bonds is 1. The van der Waals surface area contributed by atoms with Crippen molar-refractivity contribution in [3.63, 3.8) is 0 Å². The van der Waals surface area contributed by atoms with E-state index in [1.165, 1.54) is 5.56 Å². The average Bonchev–Trinajstić information content (AvgIpc) is 2.29. The lowest BCUT2D eigenvalue weighted by atomic mass is 10.1. The van der Waals surface area contributed by atoms with Crippen molar-refractivity contribution < 1.29 is 0 Å². The topological polar surface area (TPSA) is 36.7 Å². The molecule has 16 heavy (non-hydrogen) atoms. The standard InChI is InChI=1S/C13H9ClN2/c1-9-3-2-4-10(5-9)11-6-12(14)13(7-15)16-8-11/h2-6,8H,1H3. The van der Waals surface area contributed by atoms with Gasteiger partial charge in [0.2, 0.25) is 0 Å². The van der Waals surface area contributed by atoms with Gasteiger partial charge < -0.3 is 0 Å². The van der Waals surface area contributed by atoms with Gasteiger partial charge in [-0.05, 0) is 18.6 Å². The van der Waals surface area contributed by atoms with Crippen LogP contribution in [0, 0.1) is 18.3 Å². The minimum absolute atomic E-state index is 0.262. The van der Waals surface area contributed by atoms with Crippen LogP contribution in [0.25, 0.3) is 11.1 Å². The van der Waals surface area contributed by atoms with Gasteiger partial charge in [0.15, 0.2) is 5.69 Å². The van der Waals surface area contributed by atoms with Crippen molar-refractivity contribution in [3.8, 4) is 17.2 Å². The molecule has 2 aromatic rings. The highest BCUT2D eigenvalue weighted by Gasteiger charge is 2.04. The molecule has 0 unspecified atom stereocenters. The fourth-order valence-electron chi connectivity index (χ4n) is 1.50. The first-order valence-corrected chi connectivity index (χ1v) is 5.21. The molecule has 0 N–H and O–H groups in total. The number of nitriles is 1. The summed E-state index contributed by atoms with van der Waals surface area (Å²) in [5.74, 6) is 0. The van der Waals surface area contributed by atoms with Crippen molar-refractivity contribution in [2.45, 2.75) is 6.92 Å². The Morgan fingerprint density at radius 3 is 2.69 bits per heavy atom. The highest BCUT2D eigenvalue weighted by atomic mass is 35.5. The molecule has 0 spiro atoms. The minimum atomic E-state index is 0.262. The van der Waals surface area contributed by atoms with Crippen molar-refractivity contribution in [2.24, 2.45) is 0 Å². The highest BCUT2D eigenvalue weighted by molar-refractivity contribution is 6.31. The van der Waals surface area contributed by atoms with Crippen molar-refractivity contribution in [3.05, 3.63) is 52.8 Å². The van der Waals surface area contributed by atoms with Crippen molar-refractivity contribution in [1.82, 2.24) is 4.98 Å². The van der Waals surface area contributed by atoms with Crippen LogP contribution in [-0.2, 0) is 0 Å². The molecule has 0 radical (unpaired) electrons. The highest BCUT2D eigenvalue weighted by Crippen LogP contribution is 2.24. The predicted octanol–water partition coefficient (Wildman–Crippen LogP) is 3.58. The molecule has 1 aromatic carbocycles. The summed E-state index contributed by atoms with van der Waals surface area (Å²) >= 11 is 5.93. The van der Waals surface area contributed by atoms with E-state index in [0.717, 1.165) is 11.1 Å². The fourth-order valence-corrected chi connectivity index (χ4v) is 1.71. The summed E-state index contributed by atoms with van der Waals surface area (Å²) in [4.78, 5) is 4.01. The maximum absolute atomic E-state index is 8.73. The average molecular weight is 229 g/mol. The van der Waals surface area contributed by atoms with Crippen molar-refractivity contribution in [2.75, 3.05) is 0 Å². The summed E-state index contributed by atoms with van der Waals surface area (Å²) in [5.41, 5.74) is 3.42. The van der Waals surface area contributed by atoms with E-state index < -0.39 is 0 Å². The van der Waals surface area contributed by atoms with Gasteiger partial charge in [0.1, 0.15) is 6.07 Å². The van der Waals surface area contributed by atoms with Crippen LogP contribution < -0.4 is 0 Å². The summed E-state index contributed by atoms with van der Waals surface area (Å²) in [7, 11) is 0. The normalized spacial score (nSPS) is 9.81. The number of halogens is 1. The zero-order valence-corrected chi connectivity index (χ0v) is 9.49. The molecule has 78 valence electrons. The number of nitrogens with zero attached hydrogens (tertiary/aromatic N) is 2. The summed E-state index contributed by atoms with van der Waals surface area (Å²) in [6.45, 7) is 2.03. The van der Waals surface area contributed by atoms with E-state index in [0.29, 0.717) is 5.02 Å². The number of aryl methyl sites for hydroxylation is 1. The molecule has 3 heteroatoms. The quantitative estimate of drug-likeness (QED) is 0.748. The second-order valence-corrected chi connectivity index (χ2v) is 3.94. The SMILES string of the molecule is Cc1cccc(-c2cnc(C#N)c(Cl)c2)c1. The van der Waals surface area contributed by atoms with Gasteiger partial charge in [-0.2, -0.15) is 5.26 Å². The van der Waals surface area contributed by atoms with Crippen LogP contribution in [0.3, 0.4) is 0 Å². The summed E-state index contributed by atoms with van der Waals surface area (Å²) in [5, 5.41) is 9.12. The molecule has 0 saturated heterocycles. The third kappa shape index (κ3) is 2.05. The van der Waals surface area contributed by atoms with Crippen LogP contribution in [0.4, 0.5) is 0 Å². The Bertz CT molecular complexity index is 570. The Balaban J connectivity index is 2.50. The zero-order chi connectivity index (χ0) is 11.5. The van der Waals surface area contributed by atoms with Crippen LogP contribution in [0.5, 0.6) is 0 Å². The van der Waals surface area contributed by atoms with E-state index in [1.54, 1.807) is 12.3 Å². The van der Waals surface area contributed by atoms with Gasteiger partial charge in [0, 0.05) is 11.8 Å². The molecule has 1 aromatic heterocycles. The van der Waals surface area contributed by atoms with Gasteiger partial charge in [-0.15, -0.1) is 0 Å². The van der Waals surface area contributed by atoms with Crippen LogP contribution in [0.1, 0.15) is 11.3 Å². The van der Waals surface area contributed by atoms with E-state index in [-0.39, 0.29) is 5.69 Å². The third-order valence-corrected chi connectivity index (χ3v) is 2.59. The molecule has 0 amide bonds. The van der Waals surface area contributed by atoms with E-state index in [1.807, 2.05) is 31.2 Å². The predicted molar refractivity (Wildman–Crippen MR) is 64.1 cm³/mol. The monoisotopic (exact) mass is 228 g/mol. The molecule has 2 nitrogen and oxygen atoms in total. The van der Waals surface area contributed by atoms with Crippen LogP contribution >= 0.6 is 11.6 Å². The Morgan fingerprint density at radius 2 is 2.06 bits per heavy atom. The van der Waals surface area contributed by atoms with Crippen LogP contribution in [0.15, 0.2) is 36.5 Å². The number of pyridine rings is 1. The molecular weight excluding hydrogens is 220 g/mol. The Morgan fingerprint density at radius 1 is 1.25 bits per heavy atom. The Kier molecular flexibility index (Phi) is 2.89. The Labute approximate surface area is 99.1 Å². The van der Waals surface area contributed by atoms with Crippen LogP contribution in [0.2, 0.25) is 5.02 Å². The molecule has 0 atom stereocenters. The van der Waals surface area contributed by atoms with Crippen molar-refractivity contribution in [1.29, 1.82) is 5.26 Å². The molecule has 2 rings (SSSR count). The third-order valence-electron chi connectivity index (χ3n) is 2.30. The molecule has 0 aliphatic carbocycles. The van der Waals surface area contributed by atoms with Gasteiger partial charge >= 0.3 is 0 Å². The molecule has 1 heterocycles.